The highest BCUT2D eigenvalue weighted by molar-refractivity contribution is 7.22. The van der Waals surface area contributed by atoms with Gasteiger partial charge in [0, 0.05) is 31.9 Å². The summed E-state index contributed by atoms with van der Waals surface area (Å²) < 4.78 is 1.09. The van der Waals surface area contributed by atoms with Gasteiger partial charge >= 0.3 is 0 Å². The molecule has 0 radical (unpaired) electrons. The van der Waals surface area contributed by atoms with Gasteiger partial charge in [0.2, 0.25) is 5.91 Å². The van der Waals surface area contributed by atoms with Crippen molar-refractivity contribution in [1.29, 1.82) is 0 Å². The summed E-state index contributed by atoms with van der Waals surface area (Å²) in [5.74, 6) is 0.0113. The van der Waals surface area contributed by atoms with Crippen LogP contribution in [0, 0.1) is 0 Å². The summed E-state index contributed by atoms with van der Waals surface area (Å²) in [5.41, 5.74) is 2.18. The molecule has 6 heteroatoms. The third-order valence-electron chi connectivity index (χ3n) is 4.89. The van der Waals surface area contributed by atoms with Crippen LogP contribution in [-0.4, -0.2) is 48.0 Å². The molecule has 1 aliphatic heterocycles. The lowest BCUT2D eigenvalue weighted by molar-refractivity contribution is -0.120. The lowest BCUT2D eigenvalue weighted by Crippen LogP contribution is -2.52. The van der Waals surface area contributed by atoms with Crippen molar-refractivity contribution >= 4 is 38.3 Å². The summed E-state index contributed by atoms with van der Waals surface area (Å²) in [5, 5.41) is 3.66. The van der Waals surface area contributed by atoms with Gasteiger partial charge in [0.25, 0.3) is 0 Å². The van der Waals surface area contributed by atoms with Gasteiger partial charge < -0.3 is 10.2 Å². The maximum atomic E-state index is 12.6. The number of benzene rings is 2. The first-order valence-electron chi connectivity index (χ1n) is 8.91. The van der Waals surface area contributed by atoms with Gasteiger partial charge in [0.15, 0.2) is 5.13 Å². The normalized spacial score (nSPS) is 16.6. The monoisotopic (exact) mass is 366 g/mol. The third-order valence-corrected chi connectivity index (χ3v) is 5.84. The molecular formula is C20H22N4OS. The molecule has 0 bridgehead atoms. The van der Waals surface area contributed by atoms with E-state index in [1.807, 2.05) is 37.3 Å². The quantitative estimate of drug-likeness (QED) is 0.768. The van der Waals surface area contributed by atoms with Gasteiger partial charge in [-0.1, -0.05) is 41.7 Å². The number of carbonyl (C=O) groups excluding carboxylic acids is 1. The number of anilines is 2. The van der Waals surface area contributed by atoms with Gasteiger partial charge in [-0.2, -0.15) is 0 Å². The number of thiazole rings is 1. The molecule has 1 saturated heterocycles. The van der Waals surface area contributed by atoms with Crippen LogP contribution in [0.2, 0.25) is 0 Å². The maximum absolute atomic E-state index is 12.6. The highest BCUT2D eigenvalue weighted by atomic mass is 32.1. The lowest BCUT2D eigenvalue weighted by atomic mass is 10.2. The van der Waals surface area contributed by atoms with Crippen LogP contribution in [-0.2, 0) is 4.79 Å². The van der Waals surface area contributed by atoms with Crippen LogP contribution >= 0.6 is 11.3 Å². The van der Waals surface area contributed by atoms with Crippen molar-refractivity contribution in [3.8, 4) is 0 Å². The molecule has 1 unspecified atom stereocenters. The number of amides is 1. The predicted molar refractivity (Wildman–Crippen MR) is 108 cm³/mol. The van der Waals surface area contributed by atoms with Crippen LogP contribution in [0.1, 0.15) is 6.92 Å². The van der Waals surface area contributed by atoms with Crippen LogP contribution < -0.4 is 10.2 Å². The van der Waals surface area contributed by atoms with Gasteiger partial charge in [0.05, 0.1) is 16.3 Å². The molecule has 0 saturated carbocycles. The first-order chi connectivity index (χ1) is 12.7. The van der Waals surface area contributed by atoms with Gasteiger partial charge in [0.1, 0.15) is 0 Å². The van der Waals surface area contributed by atoms with Crippen molar-refractivity contribution in [2.24, 2.45) is 0 Å². The van der Waals surface area contributed by atoms with Gasteiger partial charge in [-0.3, -0.25) is 9.69 Å². The molecule has 1 N–H and O–H groups in total. The molecule has 1 amide bonds. The summed E-state index contributed by atoms with van der Waals surface area (Å²) in [6.45, 7) is 5.60. The Morgan fingerprint density at radius 2 is 1.73 bits per heavy atom. The highest BCUT2D eigenvalue weighted by Gasteiger charge is 2.26. The number of rotatable bonds is 4. The van der Waals surface area contributed by atoms with Gasteiger partial charge in [-0.25, -0.2) is 4.98 Å². The Balaban J connectivity index is 1.35. The second-order valence-corrected chi connectivity index (χ2v) is 7.54. The number of carbonyl (C=O) groups is 1. The standard InChI is InChI=1S/C20H22N4OS/c1-15(19(25)22-20-21-17-9-5-6-10-18(17)26-20)23-11-13-24(14-12-23)16-7-3-2-4-8-16/h2-10,15H,11-14H2,1H3,(H,21,22,25). The predicted octanol–water partition coefficient (Wildman–Crippen LogP) is 3.45. The van der Waals surface area contributed by atoms with E-state index in [2.05, 4.69) is 44.4 Å². The number of fused-ring (bicyclic) bond motifs is 1. The van der Waals surface area contributed by atoms with Crippen molar-refractivity contribution in [2.75, 3.05) is 36.4 Å². The van der Waals surface area contributed by atoms with E-state index in [1.54, 1.807) is 0 Å². The summed E-state index contributed by atoms with van der Waals surface area (Å²) in [6, 6.07) is 18.2. The third kappa shape index (κ3) is 3.57. The van der Waals surface area contributed by atoms with E-state index in [-0.39, 0.29) is 11.9 Å². The van der Waals surface area contributed by atoms with E-state index in [4.69, 9.17) is 0 Å². The zero-order valence-corrected chi connectivity index (χ0v) is 15.6. The van der Waals surface area contributed by atoms with Crippen molar-refractivity contribution < 1.29 is 4.79 Å². The molecule has 2 heterocycles. The fourth-order valence-electron chi connectivity index (χ4n) is 3.31. The van der Waals surface area contributed by atoms with Crippen LogP contribution in [0.4, 0.5) is 10.8 Å². The Morgan fingerprint density at radius 1 is 1.04 bits per heavy atom. The van der Waals surface area contributed by atoms with E-state index < -0.39 is 0 Å². The molecular weight excluding hydrogens is 344 g/mol. The van der Waals surface area contributed by atoms with Crippen LogP contribution in [0.3, 0.4) is 0 Å². The van der Waals surface area contributed by atoms with E-state index >= 15 is 0 Å². The van der Waals surface area contributed by atoms with E-state index in [1.165, 1.54) is 17.0 Å². The number of hydrogen-bond donors (Lipinski definition) is 1. The number of aromatic nitrogens is 1. The van der Waals surface area contributed by atoms with Gasteiger partial charge in [-0.05, 0) is 31.2 Å². The highest BCUT2D eigenvalue weighted by Crippen LogP contribution is 2.25. The molecule has 4 rings (SSSR count). The Labute approximate surface area is 157 Å². The second-order valence-electron chi connectivity index (χ2n) is 6.51. The van der Waals surface area contributed by atoms with Gasteiger partial charge in [-0.15, -0.1) is 0 Å². The second kappa shape index (κ2) is 7.43. The van der Waals surface area contributed by atoms with Crippen molar-refractivity contribution in [1.82, 2.24) is 9.88 Å². The zero-order valence-electron chi connectivity index (χ0n) is 14.8. The number of para-hydroxylation sites is 2. The van der Waals surface area contributed by atoms with Crippen molar-refractivity contribution in [3.63, 3.8) is 0 Å². The molecule has 1 aliphatic rings. The largest absolute Gasteiger partial charge is 0.369 e. The Morgan fingerprint density at radius 3 is 2.46 bits per heavy atom. The van der Waals surface area contributed by atoms with E-state index in [0.29, 0.717) is 5.13 Å². The minimum Gasteiger partial charge on any atom is -0.369 e. The maximum Gasteiger partial charge on any atom is 0.243 e. The lowest BCUT2D eigenvalue weighted by Gasteiger charge is -2.38. The number of hydrogen-bond acceptors (Lipinski definition) is 5. The summed E-state index contributed by atoms with van der Waals surface area (Å²) >= 11 is 1.52. The Hall–Kier alpha value is -2.44. The molecule has 1 atom stereocenters. The Bertz CT molecular complexity index is 854. The molecule has 1 fully saturated rings. The molecule has 5 nitrogen and oxygen atoms in total. The molecule has 134 valence electrons. The fraction of sp³-hybridized carbons (Fsp3) is 0.300. The van der Waals surface area contributed by atoms with Crippen LogP contribution in [0.5, 0.6) is 0 Å². The SMILES string of the molecule is CC(C(=O)Nc1nc2ccccc2s1)N1CCN(c2ccccc2)CC1. The molecule has 3 aromatic rings. The molecule has 0 aliphatic carbocycles. The zero-order chi connectivity index (χ0) is 17.9. The van der Waals surface area contributed by atoms with E-state index in [0.717, 1.165) is 36.4 Å². The average molecular weight is 366 g/mol. The van der Waals surface area contributed by atoms with E-state index in [9.17, 15) is 4.79 Å². The summed E-state index contributed by atoms with van der Waals surface area (Å²) in [6.07, 6.45) is 0. The topological polar surface area (TPSA) is 48.5 Å². The molecule has 26 heavy (non-hydrogen) atoms. The van der Waals surface area contributed by atoms with Crippen molar-refractivity contribution in [3.05, 3.63) is 54.6 Å². The number of piperazine rings is 1. The molecule has 1 aromatic heterocycles. The first kappa shape index (κ1) is 17.0. The number of nitrogens with zero attached hydrogens (tertiary/aromatic N) is 3. The minimum atomic E-state index is -0.167. The first-order valence-corrected chi connectivity index (χ1v) is 9.73. The van der Waals surface area contributed by atoms with Crippen LogP contribution in [0.15, 0.2) is 54.6 Å². The molecule has 2 aromatic carbocycles. The smallest absolute Gasteiger partial charge is 0.243 e. The van der Waals surface area contributed by atoms with Crippen LogP contribution in [0.25, 0.3) is 10.2 Å². The molecule has 0 spiro atoms. The Kier molecular flexibility index (Phi) is 4.86. The van der Waals surface area contributed by atoms with Crippen molar-refractivity contribution in [2.45, 2.75) is 13.0 Å². The average Bonchev–Trinajstić information content (AvgIpc) is 3.10. The number of nitrogens with one attached hydrogen (secondary N) is 1. The fourth-order valence-corrected chi connectivity index (χ4v) is 4.18. The minimum absolute atomic E-state index is 0.0113. The summed E-state index contributed by atoms with van der Waals surface area (Å²) in [7, 11) is 0. The summed E-state index contributed by atoms with van der Waals surface area (Å²) in [4.78, 5) is 21.7.